The Balaban J connectivity index is 0.00000144. The first-order valence-corrected chi connectivity index (χ1v) is 5.11. The van der Waals surface area contributed by atoms with E-state index in [9.17, 15) is 0 Å². The van der Waals surface area contributed by atoms with Crippen molar-refractivity contribution < 1.29 is 4.74 Å². The van der Waals surface area contributed by atoms with E-state index in [2.05, 4.69) is 19.2 Å². The van der Waals surface area contributed by atoms with Crippen molar-refractivity contribution in [3.63, 3.8) is 0 Å². The van der Waals surface area contributed by atoms with Crippen molar-refractivity contribution in [1.29, 1.82) is 0 Å². The predicted octanol–water partition coefficient (Wildman–Crippen LogP) is 2.22. The maximum atomic E-state index is 5.52. The van der Waals surface area contributed by atoms with Gasteiger partial charge < -0.3 is 10.1 Å². The lowest BCUT2D eigenvalue weighted by molar-refractivity contribution is 0.0655. The van der Waals surface area contributed by atoms with E-state index in [0.717, 1.165) is 12.5 Å². The largest absolute Gasteiger partial charge is 0.379 e. The SMILES string of the molecule is CC(C)OCCC1CCNCC1.Cl. The molecule has 0 radical (unpaired) electrons. The molecule has 0 aromatic carbocycles. The molecule has 13 heavy (non-hydrogen) atoms. The van der Waals surface area contributed by atoms with Gasteiger partial charge in [0, 0.05) is 6.61 Å². The summed E-state index contributed by atoms with van der Waals surface area (Å²) in [4.78, 5) is 0. The molecule has 1 N–H and O–H groups in total. The van der Waals surface area contributed by atoms with Crippen molar-refractivity contribution in [1.82, 2.24) is 5.32 Å². The minimum atomic E-state index is 0. The van der Waals surface area contributed by atoms with Crippen LogP contribution in [-0.2, 0) is 4.74 Å². The lowest BCUT2D eigenvalue weighted by Gasteiger charge is -2.22. The molecule has 0 unspecified atom stereocenters. The maximum Gasteiger partial charge on any atom is 0.0518 e. The van der Waals surface area contributed by atoms with Gasteiger partial charge in [-0.15, -0.1) is 12.4 Å². The van der Waals surface area contributed by atoms with Gasteiger partial charge in [-0.25, -0.2) is 0 Å². The molecule has 0 amide bonds. The predicted molar refractivity (Wildman–Crippen MR) is 58.5 cm³/mol. The van der Waals surface area contributed by atoms with Crippen LogP contribution in [0.5, 0.6) is 0 Å². The van der Waals surface area contributed by atoms with Gasteiger partial charge in [-0.3, -0.25) is 0 Å². The number of halogens is 1. The van der Waals surface area contributed by atoms with Gasteiger partial charge in [0.1, 0.15) is 0 Å². The molecule has 0 saturated carbocycles. The molecule has 0 bridgehead atoms. The van der Waals surface area contributed by atoms with E-state index >= 15 is 0 Å². The van der Waals surface area contributed by atoms with E-state index in [1.54, 1.807) is 0 Å². The van der Waals surface area contributed by atoms with Crippen LogP contribution in [0.2, 0.25) is 0 Å². The fourth-order valence-electron chi connectivity index (χ4n) is 1.64. The van der Waals surface area contributed by atoms with Crippen LogP contribution in [0, 0.1) is 5.92 Å². The fourth-order valence-corrected chi connectivity index (χ4v) is 1.64. The third kappa shape index (κ3) is 6.30. The lowest BCUT2D eigenvalue weighted by atomic mass is 9.95. The average molecular weight is 208 g/mol. The number of piperidine rings is 1. The second-order valence-electron chi connectivity index (χ2n) is 3.90. The Morgan fingerprint density at radius 2 is 1.92 bits per heavy atom. The Kier molecular flexibility index (Phi) is 7.72. The van der Waals surface area contributed by atoms with Crippen molar-refractivity contribution in [3.8, 4) is 0 Å². The van der Waals surface area contributed by atoms with Crippen LogP contribution in [0.4, 0.5) is 0 Å². The Morgan fingerprint density at radius 1 is 1.31 bits per heavy atom. The molecule has 1 fully saturated rings. The van der Waals surface area contributed by atoms with Crippen LogP contribution in [0.15, 0.2) is 0 Å². The van der Waals surface area contributed by atoms with Gasteiger partial charge in [0.15, 0.2) is 0 Å². The summed E-state index contributed by atoms with van der Waals surface area (Å²) in [6, 6.07) is 0. The van der Waals surface area contributed by atoms with Crippen molar-refractivity contribution >= 4 is 12.4 Å². The highest BCUT2D eigenvalue weighted by Crippen LogP contribution is 2.15. The van der Waals surface area contributed by atoms with E-state index in [1.807, 2.05) is 0 Å². The monoisotopic (exact) mass is 207 g/mol. The molecular formula is C10H22ClNO. The van der Waals surface area contributed by atoms with E-state index in [4.69, 9.17) is 4.74 Å². The highest BCUT2D eigenvalue weighted by atomic mass is 35.5. The quantitative estimate of drug-likeness (QED) is 0.764. The zero-order valence-electron chi connectivity index (χ0n) is 8.71. The molecule has 3 heteroatoms. The number of ether oxygens (including phenoxy) is 1. The molecule has 80 valence electrons. The third-order valence-corrected chi connectivity index (χ3v) is 2.44. The average Bonchev–Trinajstić information content (AvgIpc) is 2.05. The van der Waals surface area contributed by atoms with E-state index in [1.165, 1.54) is 32.4 Å². The fraction of sp³-hybridized carbons (Fsp3) is 1.00. The van der Waals surface area contributed by atoms with Crippen molar-refractivity contribution in [2.24, 2.45) is 5.92 Å². The van der Waals surface area contributed by atoms with Crippen LogP contribution in [-0.4, -0.2) is 25.8 Å². The first-order chi connectivity index (χ1) is 5.79. The van der Waals surface area contributed by atoms with E-state index in [0.29, 0.717) is 6.10 Å². The molecular weight excluding hydrogens is 186 g/mol. The highest BCUT2D eigenvalue weighted by Gasteiger charge is 2.12. The number of hydrogen-bond donors (Lipinski definition) is 1. The first kappa shape index (κ1) is 13.2. The summed E-state index contributed by atoms with van der Waals surface area (Å²) in [6.07, 6.45) is 4.31. The number of hydrogen-bond acceptors (Lipinski definition) is 2. The molecule has 0 aromatic heterocycles. The normalized spacial score (nSPS) is 18.7. The van der Waals surface area contributed by atoms with Gasteiger partial charge in [0.2, 0.25) is 0 Å². The van der Waals surface area contributed by atoms with Crippen LogP contribution in [0.3, 0.4) is 0 Å². The molecule has 0 aromatic rings. The van der Waals surface area contributed by atoms with Crippen molar-refractivity contribution in [2.75, 3.05) is 19.7 Å². The summed E-state index contributed by atoms with van der Waals surface area (Å²) in [7, 11) is 0. The van der Waals surface area contributed by atoms with Crippen molar-refractivity contribution in [3.05, 3.63) is 0 Å². The van der Waals surface area contributed by atoms with Gasteiger partial charge in [-0.1, -0.05) is 0 Å². The van der Waals surface area contributed by atoms with E-state index < -0.39 is 0 Å². The summed E-state index contributed by atoms with van der Waals surface area (Å²) in [5.74, 6) is 0.907. The molecule has 0 aliphatic carbocycles. The molecule has 1 saturated heterocycles. The molecule has 1 aliphatic rings. The molecule has 1 heterocycles. The zero-order chi connectivity index (χ0) is 8.81. The summed E-state index contributed by atoms with van der Waals surface area (Å²) in [5, 5.41) is 3.37. The summed E-state index contributed by atoms with van der Waals surface area (Å²) in [5.41, 5.74) is 0. The smallest absolute Gasteiger partial charge is 0.0518 e. The Morgan fingerprint density at radius 3 is 2.46 bits per heavy atom. The van der Waals surface area contributed by atoms with Crippen LogP contribution >= 0.6 is 12.4 Å². The maximum absolute atomic E-state index is 5.52. The Hall–Kier alpha value is 0.210. The van der Waals surface area contributed by atoms with E-state index in [-0.39, 0.29) is 12.4 Å². The topological polar surface area (TPSA) is 21.3 Å². The number of rotatable bonds is 4. The van der Waals surface area contributed by atoms with Gasteiger partial charge in [-0.2, -0.15) is 0 Å². The molecule has 0 spiro atoms. The summed E-state index contributed by atoms with van der Waals surface area (Å²) < 4.78 is 5.52. The van der Waals surface area contributed by atoms with Gasteiger partial charge >= 0.3 is 0 Å². The summed E-state index contributed by atoms with van der Waals surface area (Å²) >= 11 is 0. The first-order valence-electron chi connectivity index (χ1n) is 5.11. The molecule has 1 aliphatic heterocycles. The second kappa shape index (κ2) is 7.60. The molecule has 0 atom stereocenters. The van der Waals surface area contributed by atoms with Gasteiger partial charge in [-0.05, 0) is 52.1 Å². The van der Waals surface area contributed by atoms with Crippen LogP contribution < -0.4 is 5.32 Å². The standard InChI is InChI=1S/C10H21NO.ClH/c1-9(2)12-8-5-10-3-6-11-7-4-10;/h9-11H,3-8H2,1-2H3;1H. The number of nitrogens with one attached hydrogen (secondary N) is 1. The van der Waals surface area contributed by atoms with Crippen LogP contribution in [0.1, 0.15) is 33.1 Å². The zero-order valence-corrected chi connectivity index (χ0v) is 9.53. The molecule has 1 rings (SSSR count). The van der Waals surface area contributed by atoms with Gasteiger partial charge in [0.05, 0.1) is 6.10 Å². The minimum absolute atomic E-state index is 0. The minimum Gasteiger partial charge on any atom is -0.379 e. The lowest BCUT2D eigenvalue weighted by Crippen LogP contribution is -2.28. The van der Waals surface area contributed by atoms with Crippen LogP contribution in [0.25, 0.3) is 0 Å². The third-order valence-electron chi connectivity index (χ3n) is 2.44. The Labute approximate surface area is 87.8 Å². The Bertz CT molecular complexity index is 113. The second-order valence-corrected chi connectivity index (χ2v) is 3.90. The van der Waals surface area contributed by atoms with Crippen molar-refractivity contribution in [2.45, 2.75) is 39.2 Å². The van der Waals surface area contributed by atoms with Gasteiger partial charge in [0.25, 0.3) is 0 Å². The summed E-state index contributed by atoms with van der Waals surface area (Å²) in [6.45, 7) is 7.55. The molecule has 2 nitrogen and oxygen atoms in total. The highest BCUT2D eigenvalue weighted by molar-refractivity contribution is 5.85.